The molecule has 2 aromatic carbocycles. The van der Waals surface area contributed by atoms with E-state index in [0.29, 0.717) is 5.56 Å². The summed E-state index contributed by atoms with van der Waals surface area (Å²) in [5.41, 5.74) is 1.24. The minimum absolute atomic E-state index is 0.0995. The Morgan fingerprint density at radius 1 is 0.929 bits per heavy atom. The maximum atomic E-state index is 12.2. The Hall–Kier alpha value is -2.12. The Bertz CT molecular complexity index is 856. The molecule has 0 saturated heterocycles. The van der Waals surface area contributed by atoms with Crippen LogP contribution in [0, 0.1) is 0 Å². The van der Waals surface area contributed by atoms with Crippen LogP contribution in [0.1, 0.15) is 15.9 Å². The molecule has 0 aliphatic heterocycles. The van der Waals surface area contributed by atoms with Crippen molar-refractivity contribution >= 4 is 70.0 Å². The first-order valence-corrected chi connectivity index (χ1v) is 9.57. The highest BCUT2D eigenvalue weighted by molar-refractivity contribution is 7.80. The number of hydrogen-bond acceptors (Lipinski definition) is 3. The lowest BCUT2D eigenvalue weighted by molar-refractivity contribution is -0.117. The lowest BCUT2D eigenvalue weighted by Gasteiger charge is -2.27. The normalized spacial score (nSPS) is 12.2. The predicted molar refractivity (Wildman–Crippen MR) is 117 cm³/mol. The number of halogens is 3. The molecule has 0 spiro atoms. The van der Waals surface area contributed by atoms with E-state index in [4.69, 9.17) is 47.0 Å². The minimum Gasteiger partial charge on any atom is -0.339 e. The van der Waals surface area contributed by atoms with Gasteiger partial charge in [-0.05, 0) is 36.0 Å². The zero-order valence-electron chi connectivity index (χ0n) is 14.4. The predicted octanol–water partition coefficient (Wildman–Crippen LogP) is 3.82. The van der Waals surface area contributed by atoms with Gasteiger partial charge in [0, 0.05) is 11.6 Å². The third kappa shape index (κ3) is 7.48. The number of alkyl halides is 3. The second kappa shape index (κ2) is 10.4. The molecule has 146 valence electrons. The highest BCUT2D eigenvalue weighted by Gasteiger charge is 2.34. The van der Waals surface area contributed by atoms with Crippen LogP contribution in [0.2, 0.25) is 0 Å². The zero-order chi connectivity index (χ0) is 20.6. The molecule has 28 heavy (non-hydrogen) atoms. The van der Waals surface area contributed by atoms with Crippen LogP contribution >= 0.6 is 47.0 Å². The standard InChI is InChI=1S/C19H16Cl3N3O2S/c20-19(21,22)17(23-15(26)12-11-13-7-3-1-4-8-13)25-18(28)24-16(27)14-9-5-2-6-10-14/h1-12,17H,(H,23,26)(H2,24,25,27,28)/b12-11+. The molecule has 0 aromatic heterocycles. The number of benzene rings is 2. The first kappa shape index (κ1) is 22.2. The summed E-state index contributed by atoms with van der Waals surface area (Å²) in [5.74, 6) is -0.943. The number of nitrogens with one attached hydrogen (secondary N) is 3. The van der Waals surface area contributed by atoms with Crippen molar-refractivity contribution in [1.82, 2.24) is 16.0 Å². The van der Waals surface area contributed by atoms with Gasteiger partial charge in [0.15, 0.2) is 5.11 Å². The third-order valence-corrected chi connectivity index (χ3v) is 4.25. The van der Waals surface area contributed by atoms with Crippen LogP contribution in [-0.2, 0) is 4.79 Å². The average molecular weight is 457 g/mol. The molecule has 0 fully saturated rings. The van der Waals surface area contributed by atoms with Gasteiger partial charge >= 0.3 is 0 Å². The fourth-order valence-electron chi connectivity index (χ4n) is 2.06. The lowest BCUT2D eigenvalue weighted by atomic mass is 10.2. The van der Waals surface area contributed by atoms with Gasteiger partial charge in [-0.2, -0.15) is 0 Å². The first-order chi connectivity index (χ1) is 13.3. The smallest absolute Gasteiger partial charge is 0.257 e. The Morgan fingerprint density at radius 2 is 1.50 bits per heavy atom. The van der Waals surface area contributed by atoms with Crippen molar-refractivity contribution in [2.24, 2.45) is 0 Å². The number of carbonyl (C=O) groups is 2. The van der Waals surface area contributed by atoms with E-state index in [1.165, 1.54) is 6.08 Å². The van der Waals surface area contributed by atoms with Crippen molar-refractivity contribution in [3.05, 3.63) is 77.9 Å². The molecule has 0 aliphatic carbocycles. The Morgan fingerprint density at radius 3 is 2.07 bits per heavy atom. The highest BCUT2D eigenvalue weighted by atomic mass is 35.6. The molecular formula is C19H16Cl3N3O2S. The Balaban J connectivity index is 1.97. The molecule has 2 rings (SSSR count). The summed E-state index contributed by atoms with van der Waals surface area (Å²) in [5, 5.41) is 7.49. The number of thiocarbonyl (C=S) groups is 1. The summed E-state index contributed by atoms with van der Waals surface area (Å²) in [7, 11) is 0. The van der Waals surface area contributed by atoms with Crippen LogP contribution in [0.3, 0.4) is 0 Å². The second-order valence-corrected chi connectivity index (χ2v) is 8.30. The molecule has 0 aliphatic rings. The minimum atomic E-state index is -1.92. The van der Waals surface area contributed by atoms with Gasteiger partial charge in [-0.15, -0.1) is 0 Å². The average Bonchev–Trinajstić information content (AvgIpc) is 2.66. The van der Waals surface area contributed by atoms with Crippen LogP contribution in [0.5, 0.6) is 0 Å². The zero-order valence-corrected chi connectivity index (χ0v) is 17.4. The van der Waals surface area contributed by atoms with Crippen LogP contribution in [-0.4, -0.2) is 26.9 Å². The third-order valence-electron chi connectivity index (χ3n) is 3.38. The van der Waals surface area contributed by atoms with Crippen molar-refractivity contribution in [3.63, 3.8) is 0 Å². The molecule has 0 heterocycles. The van der Waals surface area contributed by atoms with E-state index in [2.05, 4.69) is 16.0 Å². The van der Waals surface area contributed by atoms with Gasteiger partial charge < -0.3 is 10.6 Å². The van der Waals surface area contributed by atoms with Gasteiger partial charge in [-0.3, -0.25) is 14.9 Å². The quantitative estimate of drug-likeness (QED) is 0.277. The molecule has 5 nitrogen and oxygen atoms in total. The SMILES string of the molecule is O=C(/C=C/c1ccccc1)NC(NC(=S)NC(=O)c1ccccc1)C(Cl)(Cl)Cl. The molecular weight excluding hydrogens is 441 g/mol. The molecule has 1 unspecified atom stereocenters. The van der Waals surface area contributed by atoms with E-state index in [1.807, 2.05) is 30.3 Å². The van der Waals surface area contributed by atoms with Crippen LogP contribution < -0.4 is 16.0 Å². The number of amides is 2. The molecule has 1 atom stereocenters. The van der Waals surface area contributed by atoms with Crippen molar-refractivity contribution in [2.45, 2.75) is 9.96 Å². The van der Waals surface area contributed by atoms with E-state index in [9.17, 15) is 9.59 Å². The molecule has 3 N–H and O–H groups in total. The van der Waals surface area contributed by atoms with E-state index in [1.54, 1.807) is 36.4 Å². The fourth-order valence-corrected chi connectivity index (χ4v) is 2.60. The molecule has 0 radical (unpaired) electrons. The van der Waals surface area contributed by atoms with Crippen LogP contribution in [0.15, 0.2) is 66.7 Å². The topological polar surface area (TPSA) is 70.2 Å². The fraction of sp³-hybridized carbons (Fsp3) is 0.105. The molecule has 2 amide bonds. The van der Waals surface area contributed by atoms with Gasteiger partial charge in [0.05, 0.1) is 0 Å². The van der Waals surface area contributed by atoms with Gasteiger partial charge in [-0.25, -0.2) is 0 Å². The van der Waals surface area contributed by atoms with E-state index < -0.39 is 21.8 Å². The number of hydrogen-bond donors (Lipinski definition) is 3. The van der Waals surface area contributed by atoms with E-state index in [-0.39, 0.29) is 5.11 Å². The van der Waals surface area contributed by atoms with Crippen molar-refractivity contribution in [2.75, 3.05) is 0 Å². The maximum Gasteiger partial charge on any atom is 0.257 e. The van der Waals surface area contributed by atoms with Crippen LogP contribution in [0.4, 0.5) is 0 Å². The number of rotatable bonds is 5. The summed E-state index contributed by atoms with van der Waals surface area (Å²) in [4.78, 5) is 24.3. The second-order valence-electron chi connectivity index (χ2n) is 5.52. The molecule has 9 heteroatoms. The van der Waals surface area contributed by atoms with Crippen molar-refractivity contribution in [1.29, 1.82) is 0 Å². The largest absolute Gasteiger partial charge is 0.339 e. The van der Waals surface area contributed by atoms with Gasteiger partial charge in [-0.1, -0.05) is 83.3 Å². The Kier molecular flexibility index (Phi) is 8.26. The van der Waals surface area contributed by atoms with Crippen molar-refractivity contribution in [3.8, 4) is 0 Å². The molecule has 0 saturated carbocycles. The first-order valence-electron chi connectivity index (χ1n) is 8.03. The summed E-state index contributed by atoms with van der Waals surface area (Å²) in [6, 6.07) is 17.7. The van der Waals surface area contributed by atoms with Gasteiger partial charge in [0.1, 0.15) is 6.17 Å². The summed E-state index contributed by atoms with van der Waals surface area (Å²) in [6.07, 6.45) is 1.74. The van der Waals surface area contributed by atoms with Crippen molar-refractivity contribution < 1.29 is 9.59 Å². The molecule has 0 bridgehead atoms. The lowest BCUT2D eigenvalue weighted by Crippen LogP contribution is -2.57. The van der Waals surface area contributed by atoms with E-state index in [0.717, 1.165) is 5.56 Å². The van der Waals surface area contributed by atoms with Gasteiger partial charge in [0.25, 0.3) is 5.91 Å². The highest BCUT2D eigenvalue weighted by Crippen LogP contribution is 2.29. The maximum absolute atomic E-state index is 12.2. The number of carbonyl (C=O) groups excluding carboxylic acids is 2. The summed E-state index contributed by atoms with van der Waals surface area (Å²) < 4.78 is -1.92. The van der Waals surface area contributed by atoms with E-state index >= 15 is 0 Å². The Labute approximate surface area is 183 Å². The monoisotopic (exact) mass is 455 g/mol. The molecule has 2 aromatic rings. The summed E-state index contributed by atoms with van der Waals surface area (Å²) >= 11 is 22.8. The van der Waals surface area contributed by atoms with Crippen LogP contribution in [0.25, 0.3) is 6.08 Å². The van der Waals surface area contributed by atoms with Gasteiger partial charge in [0.2, 0.25) is 9.70 Å². The summed E-state index contributed by atoms with van der Waals surface area (Å²) in [6.45, 7) is 0.